The van der Waals surface area contributed by atoms with E-state index in [4.69, 9.17) is 14.5 Å². The van der Waals surface area contributed by atoms with Crippen molar-refractivity contribution in [3.63, 3.8) is 0 Å². The lowest BCUT2D eigenvalue weighted by Crippen LogP contribution is -2.47. The van der Waals surface area contributed by atoms with Crippen LogP contribution in [0.5, 0.6) is 5.75 Å². The van der Waals surface area contributed by atoms with Crippen LogP contribution in [0.25, 0.3) is 0 Å². The Morgan fingerprint density at radius 1 is 1.34 bits per heavy atom. The molecule has 8 nitrogen and oxygen atoms in total. The SMILES string of the molecule is CCNC(=NCc1cccc(OCC)c1)NC1CCc2nc(COC)nn2C1.I. The van der Waals surface area contributed by atoms with Gasteiger partial charge in [0.15, 0.2) is 11.8 Å². The van der Waals surface area contributed by atoms with Crippen LogP contribution in [-0.2, 0) is 30.9 Å². The summed E-state index contributed by atoms with van der Waals surface area (Å²) >= 11 is 0. The van der Waals surface area contributed by atoms with E-state index in [1.165, 1.54) is 0 Å². The van der Waals surface area contributed by atoms with Crippen molar-refractivity contribution < 1.29 is 9.47 Å². The van der Waals surface area contributed by atoms with Crippen LogP contribution in [-0.4, -0.2) is 47.0 Å². The van der Waals surface area contributed by atoms with Gasteiger partial charge in [-0.1, -0.05) is 12.1 Å². The van der Waals surface area contributed by atoms with Crippen molar-refractivity contribution in [1.82, 2.24) is 25.4 Å². The van der Waals surface area contributed by atoms with E-state index in [0.29, 0.717) is 19.8 Å². The lowest BCUT2D eigenvalue weighted by Gasteiger charge is -2.25. The van der Waals surface area contributed by atoms with Crippen molar-refractivity contribution in [3.05, 3.63) is 41.5 Å². The Kier molecular flexibility index (Phi) is 9.65. The maximum Gasteiger partial charge on any atom is 0.191 e. The third kappa shape index (κ3) is 6.84. The lowest BCUT2D eigenvalue weighted by atomic mass is 10.1. The molecule has 3 rings (SSSR count). The Morgan fingerprint density at radius 3 is 2.97 bits per heavy atom. The molecule has 160 valence electrons. The van der Waals surface area contributed by atoms with Gasteiger partial charge < -0.3 is 20.1 Å². The molecule has 0 bridgehead atoms. The number of nitrogens with zero attached hydrogens (tertiary/aromatic N) is 4. The molecule has 2 aromatic rings. The normalized spacial score (nSPS) is 16.0. The molecule has 1 aliphatic rings. The molecule has 0 spiro atoms. The van der Waals surface area contributed by atoms with Crippen molar-refractivity contribution in [2.45, 2.75) is 52.4 Å². The zero-order valence-corrected chi connectivity index (χ0v) is 19.7. The first-order chi connectivity index (χ1) is 13.7. The summed E-state index contributed by atoms with van der Waals surface area (Å²) in [5.41, 5.74) is 1.12. The van der Waals surface area contributed by atoms with Crippen molar-refractivity contribution >= 4 is 29.9 Å². The Labute approximate surface area is 189 Å². The van der Waals surface area contributed by atoms with Gasteiger partial charge in [-0.3, -0.25) is 0 Å². The van der Waals surface area contributed by atoms with Crippen molar-refractivity contribution in [2.75, 3.05) is 20.3 Å². The summed E-state index contributed by atoms with van der Waals surface area (Å²) in [7, 11) is 1.66. The predicted octanol–water partition coefficient (Wildman–Crippen LogP) is 2.51. The van der Waals surface area contributed by atoms with Gasteiger partial charge in [-0.2, -0.15) is 5.10 Å². The smallest absolute Gasteiger partial charge is 0.191 e. The molecule has 1 aromatic heterocycles. The van der Waals surface area contributed by atoms with Crippen LogP contribution >= 0.6 is 24.0 Å². The second-order valence-corrected chi connectivity index (χ2v) is 6.71. The van der Waals surface area contributed by atoms with E-state index in [1.54, 1.807) is 7.11 Å². The van der Waals surface area contributed by atoms with Gasteiger partial charge in [-0.15, -0.1) is 24.0 Å². The molecule has 1 aliphatic heterocycles. The highest BCUT2D eigenvalue weighted by atomic mass is 127. The number of fused-ring (bicyclic) bond motifs is 1. The largest absolute Gasteiger partial charge is 0.494 e. The molecule has 0 saturated carbocycles. The van der Waals surface area contributed by atoms with E-state index in [9.17, 15) is 0 Å². The van der Waals surface area contributed by atoms with Gasteiger partial charge in [0, 0.05) is 26.1 Å². The van der Waals surface area contributed by atoms with Crippen molar-refractivity contribution in [3.8, 4) is 5.75 Å². The molecule has 2 heterocycles. The number of rotatable bonds is 8. The number of guanidine groups is 1. The van der Waals surface area contributed by atoms with Gasteiger partial charge in [-0.25, -0.2) is 14.7 Å². The van der Waals surface area contributed by atoms with E-state index < -0.39 is 0 Å². The van der Waals surface area contributed by atoms with Gasteiger partial charge in [-0.05, 0) is 38.0 Å². The first kappa shape index (κ1) is 23.4. The quantitative estimate of drug-likeness (QED) is 0.320. The standard InChI is InChI=1S/C20H30N6O2.HI/c1-4-21-20(22-12-15-7-6-8-17(11-15)28-5-2)23-16-9-10-19-24-18(14-27-3)25-26(19)13-16;/h6-8,11,16H,4-5,9-10,12-14H2,1-3H3,(H2,21,22,23);1H. The molecule has 0 aliphatic carbocycles. The zero-order valence-electron chi connectivity index (χ0n) is 17.4. The summed E-state index contributed by atoms with van der Waals surface area (Å²) in [6, 6.07) is 8.33. The summed E-state index contributed by atoms with van der Waals surface area (Å²) in [5, 5.41) is 11.4. The van der Waals surface area contributed by atoms with Crippen LogP contribution in [0, 0.1) is 0 Å². The number of hydrogen-bond donors (Lipinski definition) is 2. The molecule has 0 radical (unpaired) electrons. The number of benzene rings is 1. The highest BCUT2D eigenvalue weighted by molar-refractivity contribution is 14.0. The Bertz CT molecular complexity index is 795. The second kappa shape index (κ2) is 12.0. The average Bonchev–Trinajstić information content (AvgIpc) is 3.09. The maximum atomic E-state index is 5.57. The fourth-order valence-corrected chi connectivity index (χ4v) is 3.25. The Balaban J connectivity index is 0.00000300. The van der Waals surface area contributed by atoms with Gasteiger partial charge in [0.25, 0.3) is 0 Å². The van der Waals surface area contributed by atoms with E-state index in [0.717, 1.165) is 54.9 Å². The lowest BCUT2D eigenvalue weighted by molar-refractivity contribution is 0.177. The fraction of sp³-hybridized carbons (Fsp3) is 0.550. The third-order valence-electron chi connectivity index (χ3n) is 4.49. The minimum atomic E-state index is 0. The maximum absolute atomic E-state index is 5.57. The van der Waals surface area contributed by atoms with Crippen LogP contribution in [0.1, 0.15) is 37.5 Å². The molecule has 0 saturated heterocycles. The van der Waals surface area contributed by atoms with E-state index >= 15 is 0 Å². The van der Waals surface area contributed by atoms with Crippen molar-refractivity contribution in [2.24, 2.45) is 4.99 Å². The average molecular weight is 514 g/mol. The number of aliphatic imine (C=N–C) groups is 1. The van der Waals surface area contributed by atoms with E-state index in [2.05, 4.69) is 33.7 Å². The van der Waals surface area contributed by atoms with Gasteiger partial charge in [0.2, 0.25) is 0 Å². The molecular formula is C20H31IN6O2. The van der Waals surface area contributed by atoms with Gasteiger partial charge in [0.1, 0.15) is 18.2 Å². The van der Waals surface area contributed by atoms with Crippen molar-refractivity contribution in [1.29, 1.82) is 0 Å². The molecule has 1 unspecified atom stereocenters. The van der Waals surface area contributed by atoms with Crippen LogP contribution < -0.4 is 15.4 Å². The fourth-order valence-electron chi connectivity index (χ4n) is 3.25. The molecule has 0 fully saturated rings. The first-order valence-electron chi connectivity index (χ1n) is 9.90. The number of aromatic nitrogens is 3. The predicted molar refractivity (Wildman–Crippen MR) is 124 cm³/mol. The minimum Gasteiger partial charge on any atom is -0.494 e. The number of nitrogens with one attached hydrogen (secondary N) is 2. The van der Waals surface area contributed by atoms with Crippen LogP contribution in [0.15, 0.2) is 29.3 Å². The van der Waals surface area contributed by atoms with Gasteiger partial charge >= 0.3 is 0 Å². The molecule has 9 heteroatoms. The summed E-state index contributed by atoms with van der Waals surface area (Å²) in [6.07, 6.45) is 1.89. The summed E-state index contributed by atoms with van der Waals surface area (Å²) < 4.78 is 12.7. The summed E-state index contributed by atoms with van der Waals surface area (Å²) in [5.74, 6) is 3.47. The molecule has 1 aromatic carbocycles. The third-order valence-corrected chi connectivity index (χ3v) is 4.49. The van der Waals surface area contributed by atoms with Gasteiger partial charge in [0.05, 0.1) is 19.7 Å². The summed E-state index contributed by atoms with van der Waals surface area (Å²) in [4.78, 5) is 9.27. The molecule has 29 heavy (non-hydrogen) atoms. The van der Waals surface area contributed by atoms with E-state index in [1.807, 2.05) is 29.8 Å². The van der Waals surface area contributed by atoms with Crippen LogP contribution in [0.3, 0.4) is 0 Å². The zero-order chi connectivity index (χ0) is 19.8. The molecule has 0 amide bonds. The van der Waals surface area contributed by atoms with E-state index in [-0.39, 0.29) is 30.0 Å². The number of halogens is 1. The molecule has 1 atom stereocenters. The Hall–Kier alpha value is -1.88. The number of hydrogen-bond acceptors (Lipinski definition) is 5. The van der Waals surface area contributed by atoms with Crippen LogP contribution in [0.4, 0.5) is 0 Å². The van der Waals surface area contributed by atoms with Crippen LogP contribution in [0.2, 0.25) is 0 Å². The highest BCUT2D eigenvalue weighted by Gasteiger charge is 2.22. The number of ether oxygens (including phenoxy) is 2. The Morgan fingerprint density at radius 2 is 2.21 bits per heavy atom. The second-order valence-electron chi connectivity index (χ2n) is 6.71. The topological polar surface area (TPSA) is 85.6 Å². The first-order valence-corrected chi connectivity index (χ1v) is 9.90. The number of aryl methyl sites for hydroxylation is 1. The number of methoxy groups -OCH3 is 1. The summed E-state index contributed by atoms with van der Waals surface area (Å²) in [6.45, 7) is 7.34. The molecular weight excluding hydrogens is 483 g/mol. The monoisotopic (exact) mass is 514 g/mol. The molecule has 2 N–H and O–H groups in total. The highest BCUT2D eigenvalue weighted by Crippen LogP contribution is 2.15. The minimum absolute atomic E-state index is 0.